The van der Waals surface area contributed by atoms with E-state index in [1.165, 1.54) is 0 Å². The minimum atomic E-state index is -2.45. The van der Waals surface area contributed by atoms with Gasteiger partial charge in [0.25, 0.3) is 11.7 Å². The number of rotatable bonds is 3. The first-order chi connectivity index (χ1) is 10.1. The Bertz CT molecular complexity index is 658. The summed E-state index contributed by atoms with van der Waals surface area (Å²) < 4.78 is 24.6. The molecule has 0 N–H and O–H groups in total. The van der Waals surface area contributed by atoms with Crippen LogP contribution < -0.4 is 4.90 Å². The van der Waals surface area contributed by atoms with Gasteiger partial charge in [-0.25, -0.2) is 0 Å². The average molecular weight is 305 g/mol. The van der Waals surface area contributed by atoms with Crippen molar-refractivity contribution in [1.29, 1.82) is 0 Å². The van der Waals surface area contributed by atoms with Crippen LogP contribution in [0.5, 0.6) is 0 Å². The molecule has 2 aromatic rings. The number of benzene rings is 2. The zero-order chi connectivity index (χ0) is 14.8. The van der Waals surface area contributed by atoms with Crippen LogP contribution >= 0.6 is 11.8 Å². The van der Waals surface area contributed by atoms with E-state index in [0.717, 1.165) is 17.7 Å². The normalized spacial score (nSPS) is 13.6. The van der Waals surface area contributed by atoms with Crippen molar-refractivity contribution in [3.05, 3.63) is 59.7 Å². The van der Waals surface area contributed by atoms with E-state index in [-0.39, 0.29) is 5.91 Å². The molecule has 0 fully saturated rings. The number of amides is 1. The molecule has 0 unspecified atom stereocenters. The maximum Gasteiger partial charge on any atom is 0.288 e. The van der Waals surface area contributed by atoms with E-state index in [1.54, 1.807) is 29.2 Å². The summed E-state index contributed by atoms with van der Waals surface area (Å²) in [6, 6.07) is 14.2. The fraction of sp³-hybridized carbons (Fsp3) is 0.188. The molecule has 1 heterocycles. The van der Waals surface area contributed by atoms with Gasteiger partial charge < -0.3 is 4.90 Å². The SMILES string of the molecule is O=C(c1ccc(SC(F)F)cc1)N1CCc2ccccc21. The van der Waals surface area contributed by atoms with Crippen LogP contribution in [0.4, 0.5) is 14.5 Å². The molecule has 0 atom stereocenters. The Morgan fingerprint density at radius 1 is 1.10 bits per heavy atom. The van der Waals surface area contributed by atoms with E-state index >= 15 is 0 Å². The monoisotopic (exact) mass is 305 g/mol. The van der Waals surface area contributed by atoms with E-state index in [4.69, 9.17) is 0 Å². The molecule has 5 heteroatoms. The summed E-state index contributed by atoms with van der Waals surface area (Å²) in [4.78, 5) is 14.7. The lowest BCUT2D eigenvalue weighted by atomic mass is 10.1. The summed E-state index contributed by atoms with van der Waals surface area (Å²) >= 11 is 0.481. The van der Waals surface area contributed by atoms with Gasteiger partial charge in [-0.1, -0.05) is 30.0 Å². The largest absolute Gasteiger partial charge is 0.308 e. The van der Waals surface area contributed by atoms with Gasteiger partial charge in [0.2, 0.25) is 0 Å². The van der Waals surface area contributed by atoms with Crippen LogP contribution in [0.2, 0.25) is 0 Å². The molecule has 1 aliphatic rings. The Hall–Kier alpha value is -1.88. The molecule has 2 aromatic carbocycles. The number of carbonyl (C=O) groups is 1. The Labute approximate surface area is 125 Å². The minimum absolute atomic E-state index is 0.0893. The summed E-state index contributed by atoms with van der Waals surface area (Å²) in [6.07, 6.45) is 0.848. The molecule has 0 aliphatic carbocycles. The van der Waals surface area contributed by atoms with Crippen LogP contribution in [0.1, 0.15) is 15.9 Å². The van der Waals surface area contributed by atoms with E-state index in [1.807, 2.05) is 24.3 Å². The zero-order valence-electron chi connectivity index (χ0n) is 11.1. The van der Waals surface area contributed by atoms with Gasteiger partial charge in [-0.3, -0.25) is 4.79 Å². The minimum Gasteiger partial charge on any atom is -0.308 e. The van der Waals surface area contributed by atoms with Crippen LogP contribution in [-0.4, -0.2) is 18.2 Å². The van der Waals surface area contributed by atoms with Crippen molar-refractivity contribution in [2.75, 3.05) is 11.4 Å². The Morgan fingerprint density at radius 2 is 1.81 bits per heavy atom. The average Bonchev–Trinajstić information content (AvgIpc) is 2.90. The predicted octanol–water partition coefficient (Wildman–Crippen LogP) is 4.20. The third-order valence-corrected chi connectivity index (χ3v) is 4.18. The third-order valence-electron chi connectivity index (χ3n) is 3.46. The smallest absolute Gasteiger partial charge is 0.288 e. The van der Waals surface area contributed by atoms with E-state index in [2.05, 4.69) is 0 Å². The second-order valence-electron chi connectivity index (χ2n) is 4.74. The molecule has 3 rings (SSSR count). The number of thioether (sulfide) groups is 1. The van der Waals surface area contributed by atoms with Crippen molar-refractivity contribution in [2.45, 2.75) is 17.1 Å². The Morgan fingerprint density at radius 3 is 2.52 bits per heavy atom. The number of fused-ring (bicyclic) bond motifs is 1. The number of carbonyl (C=O) groups excluding carboxylic acids is 1. The van der Waals surface area contributed by atoms with Crippen LogP contribution in [0, 0.1) is 0 Å². The highest BCUT2D eigenvalue weighted by Gasteiger charge is 2.24. The van der Waals surface area contributed by atoms with Crippen LogP contribution in [0.3, 0.4) is 0 Å². The maximum atomic E-state index is 12.5. The number of hydrogen-bond acceptors (Lipinski definition) is 2. The number of anilines is 1. The van der Waals surface area contributed by atoms with Gasteiger partial charge in [0.15, 0.2) is 0 Å². The molecule has 0 bridgehead atoms. The Kier molecular flexibility index (Phi) is 3.92. The van der Waals surface area contributed by atoms with Gasteiger partial charge in [-0.05, 0) is 42.3 Å². The fourth-order valence-electron chi connectivity index (χ4n) is 2.48. The summed E-state index contributed by atoms with van der Waals surface area (Å²) in [6.45, 7) is 0.658. The number of hydrogen-bond donors (Lipinski definition) is 0. The molecule has 0 aromatic heterocycles. The van der Waals surface area contributed by atoms with Crippen molar-refractivity contribution in [3.8, 4) is 0 Å². The first kappa shape index (κ1) is 14.1. The lowest BCUT2D eigenvalue weighted by molar-refractivity contribution is 0.0989. The molecular weight excluding hydrogens is 292 g/mol. The van der Waals surface area contributed by atoms with Crippen molar-refractivity contribution < 1.29 is 13.6 Å². The molecule has 2 nitrogen and oxygen atoms in total. The van der Waals surface area contributed by atoms with E-state index < -0.39 is 5.76 Å². The topological polar surface area (TPSA) is 20.3 Å². The number of halogens is 2. The summed E-state index contributed by atoms with van der Waals surface area (Å²) in [7, 11) is 0. The summed E-state index contributed by atoms with van der Waals surface area (Å²) in [5.41, 5.74) is 2.62. The number of nitrogens with zero attached hydrogens (tertiary/aromatic N) is 1. The maximum absolute atomic E-state index is 12.5. The second-order valence-corrected chi connectivity index (χ2v) is 5.80. The quantitative estimate of drug-likeness (QED) is 0.792. The standard InChI is InChI=1S/C16H13F2NOS/c17-16(18)21-13-7-5-12(6-8-13)15(20)19-10-9-11-3-1-2-4-14(11)19/h1-8,16H,9-10H2. The Balaban J connectivity index is 1.80. The van der Waals surface area contributed by atoms with Gasteiger partial charge in [-0.15, -0.1) is 0 Å². The van der Waals surface area contributed by atoms with Crippen LogP contribution in [0.15, 0.2) is 53.4 Å². The van der Waals surface area contributed by atoms with Gasteiger partial charge in [0.1, 0.15) is 0 Å². The van der Waals surface area contributed by atoms with Crippen molar-refractivity contribution >= 4 is 23.4 Å². The fourth-order valence-corrected chi connectivity index (χ4v) is 2.98. The lowest BCUT2D eigenvalue weighted by Gasteiger charge is -2.17. The third kappa shape index (κ3) is 2.93. The predicted molar refractivity (Wildman–Crippen MR) is 80.1 cm³/mol. The van der Waals surface area contributed by atoms with Crippen LogP contribution in [-0.2, 0) is 6.42 Å². The molecule has 1 aliphatic heterocycles. The molecule has 1 amide bonds. The molecule has 108 valence electrons. The van der Waals surface area contributed by atoms with Gasteiger partial charge >= 0.3 is 0 Å². The molecule has 21 heavy (non-hydrogen) atoms. The summed E-state index contributed by atoms with van der Waals surface area (Å²) in [5.74, 6) is -2.54. The molecule has 0 radical (unpaired) electrons. The molecule has 0 spiro atoms. The molecule has 0 saturated heterocycles. The first-order valence-corrected chi connectivity index (χ1v) is 7.48. The first-order valence-electron chi connectivity index (χ1n) is 6.60. The van der Waals surface area contributed by atoms with Crippen LogP contribution in [0.25, 0.3) is 0 Å². The van der Waals surface area contributed by atoms with Crippen molar-refractivity contribution in [1.82, 2.24) is 0 Å². The van der Waals surface area contributed by atoms with Gasteiger partial charge in [0.05, 0.1) is 0 Å². The molecular formula is C16H13F2NOS. The highest BCUT2D eigenvalue weighted by atomic mass is 32.2. The number of alkyl halides is 2. The second kappa shape index (κ2) is 5.85. The highest BCUT2D eigenvalue weighted by Crippen LogP contribution is 2.30. The summed E-state index contributed by atoms with van der Waals surface area (Å²) in [5, 5.41) is 0. The molecule has 0 saturated carbocycles. The highest BCUT2D eigenvalue weighted by molar-refractivity contribution is 7.99. The number of para-hydroxylation sites is 1. The van der Waals surface area contributed by atoms with E-state index in [0.29, 0.717) is 28.8 Å². The van der Waals surface area contributed by atoms with Gasteiger partial charge in [-0.2, -0.15) is 8.78 Å². The van der Waals surface area contributed by atoms with E-state index in [9.17, 15) is 13.6 Å². The van der Waals surface area contributed by atoms with Crippen molar-refractivity contribution in [2.24, 2.45) is 0 Å². The lowest BCUT2D eigenvalue weighted by Crippen LogP contribution is -2.28. The van der Waals surface area contributed by atoms with Crippen molar-refractivity contribution in [3.63, 3.8) is 0 Å². The zero-order valence-corrected chi connectivity index (χ0v) is 11.9. The van der Waals surface area contributed by atoms with Gasteiger partial charge in [0, 0.05) is 22.7 Å².